The second-order valence-electron chi connectivity index (χ2n) is 12.0. The summed E-state index contributed by atoms with van der Waals surface area (Å²) in [5.74, 6) is -1.02. The molecule has 3 atom stereocenters. The summed E-state index contributed by atoms with van der Waals surface area (Å²) < 4.78 is 2.52. The van der Waals surface area contributed by atoms with E-state index in [1.807, 2.05) is 103 Å². The number of nitrogens with zero attached hydrogens (tertiary/aromatic N) is 5. The van der Waals surface area contributed by atoms with Gasteiger partial charge >= 0.3 is 0 Å². The van der Waals surface area contributed by atoms with Crippen molar-refractivity contribution in [1.29, 1.82) is 0 Å². The number of anilines is 2. The first-order valence-corrected chi connectivity index (χ1v) is 16.5. The first-order valence-electron chi connectivity index (χ1n) is 15.8. The molecule has 3 aromatic carbocycles. The SMILES string of the molecule is C[C@H](/C=C/CCn1cc(C(CO)c2ccccc2)nn1)[C@@]1(O)C(=O)N(Cc2cccc(N3CCCCC3=O)c2)c2ccc(Br)cc21. The van der Waals surface area contributed by atoms with E-state index in [1.54, 1.807) is 9.58 Å². The van der Waals surface area contributed by atoms with E-state index in [9.17, 15) is 19.8 Å². The lowest BCUT2D eigenvalue weighted by Gasteiger charge is -2.28. The molecule has 2 N–H and O–H groups in total. The topological polar surface area (TPSA) is 112 Å². The van der Waals surface area contributed by atoms with Gasteiger partial charge < -0.3 is 20.0 Å². The van der Waals surface area contributed by atoms with E-state index in [1.165, 1.54) is 0 Å². The number of hydrogen-bond donors (Lipinski definition) is 2. The van der Waals surface area contributed by atoms with Gasteiger partial charge in [-0.05, 0) is 60.7 Å². The molecular weight excluding hydrogens is 646 g/mol. The summed E-state index contributed by atoms with van der Waals surface area (Å²) in [7, 11) is 0. The van der Waals surface area contributed by atoms with Crippen molar-refractivity contribution in [1.82, 2.24) is 15.0 Å². The van der Waals surface area contributed by atoms with Gasteiger partial charge in [-0.25, -0.2) is 0 Å². The van der Waals surface area contributed by atoms with Gasteiger partial charge in [0.15, 0.2) is 5.60 Å². The lowest BCUT2D eigenvalue weighted by Crippen LogP contribution is -2.44. The van der Waals surface area contributed by atoms with Crippen molar-refractivity contribution in [3.63, 3.8) is 0 Å². The fourth-order valence-electron chi connectivity index (χ4n) is 6.44. The molecule has 0 radical (unpaired) electrons. The van der Waals surface area contributed by atoms with Gasteiger partial charge in [0.25, 0.3) is 5.91 Å². The fraction of sp³-hybridized carbons (Fsp3) is 0.333. The zero-order valence-electron chi connectivity index (χ0n) is 25.8. The lowest BCUT2D eigenvalue weighted by molar-refractivity contribution is -0.139. The summed E-state index contributed by atoms with van der Waals surface area (Å²) >= 11 is 3.53. The molecule has 0 aliphatic carbocycles. The molecule has 46 heavy (non-hydrogen) atoms. The summed E-state index contributed by atoms with van der Waals surface area (Å²) in [5, 5.41) is 30.6. The van der Waals surface area contributed by atoms with Crippen molar-refractivity contribution >= 4 is 39.1 Å². The standard InChI is InChI=1S/C36H38BrN5O4/c1-25(10-5-7-18-40-23-32(38-39-40)30(24-43)27-12-3-2-4-13-27)36(46)31-21-28(37)16-17-33(31)42(35(36)45)22-26-11-9-14-29(20-26)41-19-8-6-15-34(41)44/h2-5,9-14,16-17,20-21,23,25,30,43,46H,6-8,15,18-19,22,24H2,1H3/b10-5+/t25-,30?,36+/m1/s1. The molecule has 2 aliphatic heterocycles. The van der Waals surface area contributed by atoms with Crippen LogP contribution in [0.4, 0.5) is 11.4 Å². The van der Waals surface area contributed by atoms with Crippen LogP contribution >= 0.6 is 15.9 Å². The molecule has 3 heterocycles. The molecule has 1 unspecified atom stereocenters. The Morgan fingerprint density at radius 1 is 1.04 bits per heavy atom. The van der Waals surface area contributed by atoms with E-state index in [-0.39, 0.29) is 30.9 Å². The lowest BCUT2D eigenvalue weighted by atomic mass is 9.83. The third kappa shape index (κ3) is 6.29. The first-order chi connectivity index (χ1) is 22.3. The third-order valence-electron chi connectivity index (χ3n) is 9.02. The van der Waals surface area contributed by atoms with Crippen LogP contribution < -0.4 is 9.80 Å². The largest absolute Gasteiger partial charge is 0.395 e. The summed E-state index contributed by atoms with van der Waals surface area (Å²) in [6.45, 7) is 3.31. The van der Waals surface area contributed by atoms with E-state index in [2.05, 4.69) is 26.2 Å². The molecule has 0 spiro atoms. The number of piperidine rings is 1. The van der Waals surface area contributed by atoms with Crippen molar-refractivity contribution in [2.45, 2.75) is 57.2 Å². The van der Waals surface area contributed by atoms with Gasteiger partial charge in [0.2, 0.25) is 5.91 Å². The average Bonchev–Trinajstić information content (AvgIpc) is 3.61. The molecule has 6 rings (SSSR count). The second kappa shape index (κ2) is 13.7. The maximum Gasteiger partial charge on any atom is 0.264 e. The Balaban J connectivity index is 1.16. The minimum absolute atomic E-state index is 0.0646. The number of allylic oxidation sites excluding steroid dienone is 1. The number of aryl methyl sites for hydroxylation is 1. The number of benzene rings is 3. The normalized spacial score (nSPS) is 19.6. The number of aliphatic hydroxyl groups is 2. The van der Waals surface area contributed by atoms with E-state index in [0.29, 0.717) is 42.9 Å². The highest BCUT2D eigenvalue weighted by atomic mass is 79.9. The highest BCUT2D eigenvalue weighted by Gasteiger charge is 2.52. The Labute approximate surface area is 277 Å². The Morgan fingerprint density at radius 3 is 2.65 bits per heavy atom. The highest BCUT2D eigenvalue weighted by Crippen LogP contribution is 2.47. The zero-order valence-corrected chi connectivity index (χ0v) is 27.4. The van der Waals surface area contributed by atoms with Crippen molar-refractivity contribution in [3.05, 3.63) is 118 Å². The van der Waals surface area contributed by atoms with Crippen LogP contribution in [0.1, 0.15) is 60.9 Å². The van der Waals surface area contributed by atoms with Crippen LogP contribution in [0.25, 0.3) is 0 Å². The molecule has 4 aromatic rings. The predicted octanol–water partition coefficient (Wildman–Crippen LogP) is 5.70. The van der Waals surface area contributed by atoms with Gasteiger partial charge in [-0.15, -0.1) is 5.10 Å². The highest BCUT2D eigenvalue weighted by molar-refractivity contribution is 9.10. The van der Waals surface area contributed by atoms with Gasteiger partial charge in [0.05, 0.1) is 30.5 Å². The quantitative estimate of drug-likeness (QED) is 0.196. The molecule has 1 saturated heterocycles. The van der Waals surface area contributed by atoms with Crippen LogP contribution in [-0.4, -0.2) is 50.2 Å². The number of carbonyl (C=O) groups is 2. The van der Waals surface area contributed by atoms with Gasteiger partial charge in [0, 0.05) is 47.3 Å². The van der Waals surface area contributed by atoms with Crippen LogP contribution in [0.15, 0.2) is 95.6 Å². The molecular formula is C36H38BrN5O4. The van der Waals surface area contributed by atoms with Crippen LogP contribution in [0.5, 0.6) is 0 Å². The Hall–Kier alpha value is -4.12. The Bertz CT molecular complexity index is 1740. The minimum atomic E-state index is -1.75. The number of aromatic nitrogens is 3. The Kier molecular flexibility index (Phi) is 9.49. The molecule has 2 aliphatic rings. The van der Waals surface area contributed by atoms with Crippen LogP contribution in [-0.2, 0) is 28.3 Å². The Morgan fingerprint density at radius 2 is 1.87 bits per heavy atom. The number of aliphatic hydroxyl groups excluding tert-OH is 1. The zero-order chi connectivity index (χ0) is 32.3. The third-order valence-corrected chi connectivity index (χ3v) is 9.52. The summed E-state index contributed by atoms with van der Waals surface area (Å²) in [5.41, 5.74) is 2.88. The molecule has 1 fully saturated rings. The number of hydrogen-bond acceptors (Lipinski definition) is 6. The van der Waals surface area contributed by atoms with Crippen molar-refractivity contribution in [3.8, 4) is 0 Å². The molecule has 238 valence electrons. The van der Waals surface area contributed by atoms with Crippen LogP contribution in [0.2, 0.25) is 0 Å². The van der Waals surface area contributed by atoms with Gasteiger partial charge in [-0.1, -0.05) is 82.7 Å². The van der Waals surface area contributed by atoms with Crippen molar-refractivity contribution in [2.75, 3.05) is 23.0 Å². The van der Waals surface area contributed by atoms with Gasteiger partial charge in [0.1, 0.15) is 0 Å². The minimum Gasteiger partial charge on any atom is -0.395 e. The molecule has 0 saturated carbocycles. The first kappa shape index (κ1) is 31.8. The van der Waals surface area contributed by atoms with E-state index in [0.717, 1.165) is 34.1 Å². The molecule has 0 bridgehead atoms. The number of fused-ring (bicyclic) bond motifs is 1. The summed E-state index contributed by atoms with van der Waals surface area (Å²) in [4.78, 5) is 30.1. The molecule has 10 heteroatoms. The smallest absolute Gasteiger partial charge is 0.264 e. The molecule has 1 aromatic heterocycles. The predicted molar refractivity (Wildman–Crippen MR) is 180 cm³/mol. The number of halogens is 1. The molecule has 9 nitrogen and oxygen atoms in total. The van der Waals surface area contributed by atoms with Crippen molar-refractivity contribution < 1.29 is 19.8 Å². The van der Waals surface area contributed by atoms with Gasteiger partial charge in [-0.2, -0.15) is 0 Å². The van der Waals surface area contributed by atoms with Crippen LogP contribution in [0.3, 0.4) is 0 Å². The maximum atomic E-state index is 14.1. The van der Waals surface area contributed by atoms with E-state index >= 15 is 0 Å². The fourth-order valence-corrected chi connectivity index (χ4v) is 6.81. The van der Waals surface area contributed by atoms with Crippen LogP contribution in [0, 0.1) is 5.92 Å². The number of carbonyl (C=O) groups excluding carboxylic acids is 2. The maximum absolute atomic E-state index is 14.1. The van der Waals surface area contributed by atoms with Crippen molar-refractivity contribution in [2.24, 2.45) is 5.92 Å². The monoisotopic (exact) mass is 683 g/mol. The number of amides is 2. The number of rotatable bonds is 11. The van der Waals surface area contributed by atoms with Gasteiger partial charge in [-0.3, -0.25) is 14.3 Å². The second-order valence-corrected chi connectivity index (χ2v) is 13.0. The van der Waals surface area contributed by atoms with E-state index in [4.69, 9.17) is 0 Å². The summed E-state index contributed by atoms with van der Waals surface area (Å²) in [6, 6.07) is 23.1. The molecule has 2 amide bonds. The summed E-state index contributed by atoms with van der Waals surface area (Å²) in [6.07, 6.45) is 8.73. The average molecular weight is 685 g/mol. The van der Waals surface area contributed by atoms with E-state index < -0.39 is 11.5 Å².